The minimum absolute atomic E-state index is 1.29. The van der Waals surface area contributed by atoms with Crippen molar-refractivity contribution < 1.29 is 0 Å². The molecule has 0 radical (unpaired) electrons. The maximum absolute atomic E-state index is 4.22. The largest absolute Gasteiger partial charge is 0.0999 e. The molecular weight excluding hydrogens is 204 g/mol. The maximum atomic E-state index is 4.22. The Labute approximate surface area is 109 Å². The smallest absolute Gasteiger partial charge is 0.0323 e. The highest BCUT2D eigenvalue weighted by molar-refractivity contribution is 4.93. The van der Waals surface area contributed by atoms with Gasteiger partial charge in [-0.05, 0) is 25.7 Å². The van der Waals surface area contributed by atoms with E-state index in [-0.39, 0.29) is 0 Å². The number of allylic oxidation sites excluding steroid dienone is 1. The van der Waals surface area contributed by atoms with Crippen molar-refractivity contribution in [2.45, 2.75) is 96.3 Å². The van der Waals surface area contributed by atoms with Gasteiger partial charge in [0.05, 0.1) is 0 Å². The fourth-order valence-corrected chi connectivity index (χ4v) is 2.82. The molecule has 1 saturated carbocycles. The van der Waals surface area contributed by atoms with Gasteiger partial charge in [0.2, 0.25) is 0 Å². The van der Waals surface area contributed by atoms with E-state index in [1.54, 1.807) is 0 Å². The summed E-state index contributed by atoms with van der Waals surface area (Å²) in [6.45, 7) is 4.22. The van der Waals surface area contributed by atoms with Crippen LogP contribution in [0, 0.1) is 0 Å². The molecule has 0 amide bonds. The van der Waals surface area contributed by atoms with Gasteiger partial charge in [0, 0.05) is 0 Å². The van der Waals surface area contributed by atoms with Crippen LogP contribution < -0.4 is 0 Å². The lowest BCUT2D eigenvalue weighted by atomic mass is 9.99. The molecule has 17 heavy (non-hydrogen) atoms. The predicted molar refractivity (Wildman–Crippen MR) is 78.4 cm³/mol. The number of hydrogen-bond donors (Lipinski definition) is 0. The highest BCUT2D eigenvalue weighted by Gasteiger charge is 1.98. The van der Waals surface area contributed by atoms with Crippen molar-refractivity contribution in [2.75, 3.05) is 0 Å². The van der Waals surface area contributed by atoms with Gasteiger partial charge in [-0.25, -0.2) is 0 Å². The van der Waals surface area contributed by atoms with Crippen molar-refractivity contribution >= 4 is 0 Å². The van der Waals surface area contributed by atoms with E-state index in [2.05, 4.69) is 6.58 Å². The average Bonchev–Trinajstić information content (AvgIpc) is 2.32. The molecule has 0 bridgehead atoms. The summed E-state index contributed by atoms with van der Waals surface area (Å²) < 4.78 is 0. The second-order valence-corrected chi connectivity index (χ2v) is 5.85. The second kappa shape index (κ2) is 10.9. The van der Waals surface area contributed by atoms with Gasteiger partial charge < -0.3 is 0 Å². The molecule has 0 aliphatic heterocycles. The Bertz CT molecular complexity index is 162. The van der Waals surface area contributed by atoms with E-state index < -0.39 is 0 Å². The summed E-state index contributed by atoms with van der Waals surface area (Å²) >= 11 is 0. The van der Waals surface area contributed by atoms with Crippen LogP contribution in [0.25, 0.3) is 0 Å². The van der Waals surface area contributed by atoms with E-state index in [1.165, 1.54) is 102 Å². The Kier molecular flexibility index (Phi) is 9.46. The van der Waals surface area contributed by atoms with Crippen LogP contribution in [-0.4, -0.2) is 0 Å². The van der Waals surface area contributed by atoms with Gasteiger partial charge in [0.1, 0.15) is 0 Å². The summed E-state index contributed by atoms with van der Waals surface area (Å²) in [5.41, 5.74) is 1.51. The first kappa shape index (κ1) is 14.8. The van der Waals surface area contributed by atoms with Crippen LogP contribution in [0.5, 0.6) is 0 Å². The summed E-state index contributed by atoms with van der Waals surface area (Å²) in [6.07, 6.45) is 21.4. The number of rotatable bonds is 0. The molecule has 0 heterocycles. The molecule has 1 fully saturated rings. The lowest BCUT2D eigenvalue weighted by Gasteiger charge is -2.07. The Balaban J connectivity index is 2.11. The zero-order chi connectivity index (χ0) is 12.2. The van der Waals surface area contributed by atoms with Crippen LogP contribution in [0.2, 0.25) is 0 Å². The van der Waals surface area contributed by atoms with Crippen LogP contribution in [0.4, 0.5) is 0 Å². The van der Waals surface area contributed by atoms with Crippen LogP contribution in [0.15, 0.2) is 12.2 Å². The molecule has 1 aliphatic carbocycles. The quantitative estimate of drug-likeness (QED) is 0.426. The fourth-order valence-electron chi connectivity index (χ4n) is 2.82. The average molecular weight is 236 g/mol. The van der Waals surface area contributed by atoms with E-state index in [0.29, 0.717) is 0 Å². The Morgan fingerprint density at radius 1 is 0.412 bits per heavy atom. The molecular formula is C17H32. The molecule has 0 aromatic heterocycles. The van der Waals surface area contributed by atoms with Crippen LogP contribution >= 0.6 is 0 Å². The topological polar surface area (TPSA) is 0 Å². The van der Waals surface area contributed by atoms with E-state index in [1.807, 2.05) is 0 Å². The normalized spacial score (nSPS) is 23.4. The van der Waals surface area contributed by atoms with E-state index in [9.17, 15) is 0 Å². The van der Waals surface area contributed by atoms with Crippen molar-refractivity contribution in [3.63, 3.8) is 0 Å². The first-order valence-corrected chi connectivity index (χ1v) is 8.06. The molecule has 0 spiro atoms. The fraction of sp³-hybridized carbons (Fsp3) is 0.882. The van der Waals surface area contributed by atoms with Crippen molar-refractivity contribution in [1.82, 2.24) is 0 Å². The molecule has 0 atom stereocenters. The SMILES string of the molecule is C=C1CCCCCCCCCCCCCCC1. The Morgan fingerprint density at radius 2 is 0.647 bits per heavy atom. The van der Waals surface area contributed by atoms with Crippen LogP contribution in [0.3, 0.4) is 0 Å². The van der Waals surface area contributed by atoms with Crippen molar-refractivity contribution in [1.29, 1.82) is 0 Å². The highest BCUT2D eigenvalue weighted by Crippen LogP contribution is 2.18. The highest BCUT2D eigenvalue weighted by atomic mass is 14.0. The third-order valence-electron chi connectivity index (χ3n) is 4.06. The number of hydrogen-bond acceptors (Lipinski definition) is 0. The molecule has 0 aromatic carbocycles. The third-order valence-corrected chi connectivity index (χ3v) is 4.06. The first-order valence-electron chi connectivity index (χ1n) is 8.06. The van der Waals surface area contributed by atoms with Gasteiger partial charge in [-0.15, -0.1) is 0 Å². The van der Waals surface area contributed by atoms with Gasteiger partial charge >= 0.3 is 0 Å². The summed E-state index contributed by atoms with van der Waals surface area (Å²) in [4.78, 5) is 0. The third kappa shape index (κ3) is 9.44. The van der Waals surface area contributed by atoms with E-state index >= 15 is 0 Å². The lowest BCUT2D eigenvalue weighted by Crippen LogP contribution is -1.88. The summed E-state index contributed by atoms with van der Waals surface area (Å²) in [5.74, 6) is 0. The van der Waals surface area contributed by atoms with Gasteiger partial charge in [-0.2, -0.15) is 0 Å². The molecule has 1 aliphatic rings. The molecule has 1 rings (SSSR count). The molecule has 0 saturated heterocycles. The van der Waals surface area contributed by atoms with Crippen LogP contribution in [-0.2, 0) is 0 Å². The monoisotopic (exact) mass is 236 g/mol. The molecule has 100 valence electrons. The lowest BCUT2D eigenvalue weighted by molar-refractivity contribution is 0.527. The van der Waals surface area contributed by atoms with Crippen molar-refractivity contribution in [3.05, 3.63) is 12.2 Å². The second-order valence-electron chi connectivity index (χ2n) is 5.85. The summed E-state index contributed by atoms with van der Waals surface area (Å²) in [6, 6.07) is 0. The molecule has 0 nitrogen and oxygen atoms in total. The predicted octanol–water partition coefficient (Wildman–Crippen LogP) is 6.41. The minimum Gasteiger partial charge on any atom is -0.0999 e. The standard InChI is InChI=1S/C17H32/c1-17-15-13-11-9-7-5-3-2-4-6-8-10-12-14-16-17/h1-16H2. The molecule has 0 heteroatoms. The van der Waals surface area contributed by atoms with E-state index in [4.69, 9.17) is 0 Å². The maximum Gasteiger partial charge on any atom is -0.0323 e. The Morgan fingerprint density at radius 3 is 0.941 bits per heavy atom. The van der Waals surface area contributed by atoms with Crippen molar-refractivity contribution in [2.24, 2.45) is 0 Å². The van der Waals surface area contributed by atoms with Gasteiger partial charge in [-0.1, -0.05) is 82.8 Å². The summed E-state index contributed by atoms with van der Waals surface area (Å²) in [7, 11) is 0. The molecule has 0 N–H and O–H groups in total. The zero-order valence-corrected chi connectivity index (χ0v) is 11.8. The molecule has 0 unspecified atom stereocenters. The van der Waals surface area contributed by atoms with Crippen LogP contribution in [0.1, 0.15) is 96.3 Å². The van der Waals surface area contributed by atoms with Gasteiger partial charge in [0.25, 0.3) is 0 Å². The minimum atomic E-state index is 1.29. The first-order chi connectivity index (χ1) is 8.39. The van der Waals surface area contributed by atoms with Gasteiger partial charge in [-0.3, -0.25) is 0 Å². The Hall–Kier alpha value is -0.260. The van der Waals surface area contributed by atoms with E-state index in [0.717, 1.165) is 0 Å². The zero-order valence-electron chi connectivity index (χ0n) is 11.8. The van der Waals surface area contributed by atoms with Gasteiger partial charge in [0.15, 0.2) is 0 Å². The summed E-state index contributed by atoms with van der Waals surface area (Å²) in [5, 5.41) is 0. The molecule has 0 aromatic rings. The van der Waals surface area contributed by atoms with Crippen molar-refractivity contribution in [3.8, 4) is 0 Å².